The lowest BCUT2D eigenvalue weighted by Gasteiger charge is -2.21. The number of likely N-dealkylation sites (N-methyl/N-ethyl adjacent to an activating group) is 1. The zero-order valence-corrected chi connectivity index (χ0v) is 13.3. The minimum atomic E-state index is 0.687. The molecule has 0 saturated carbocycles. The van der Waals surface area contributed by atoms with E-state index in [-0.39, 0.29) is 0 Å². The third-order valence-electron chi connectivity index (χ3n) is 3.65. The summed E-state index contributed by atoms with van der Waals surface area (Å²) in [6.45, 7) is 13.9. The van der Waals surface area contributed by atoms with Crippen molar-refractivity contribution in [3.05, 3.63) is 0 Å². The van der Waals surface area contributed by atoms with E-state index < -0.39 is 0 Å². The van der Waals surface area contributed by atoms with E-state index in [0.717, 1.165) is 6.54 Å². The number of unbranched alkanes of at least 4 members (excludes halogenated alkanes) is 4. The zero-order chi connectivity index (χ0) is 13.6. The van der Waals surface area contributed by atoms with Crippen molar-refractivity contribution in [2.75, 3.05) is 26.2 Å². The Hall–Kier alpha value is -0.0800. The molecular formula is C16H36N2. The molecule has 0 heterocycles. The van der Waals surface area contributed by atoms with Crippen molar-refractivity contribution in [2.24, 2.45) is 0 Å². The Morgan fingerprint density at radius 3 is 2.22 bits per heavy atom. The summed E-state index contributed by atoms with van der Waals surface area (Å²) in [4.78, 5) is 2.53. The van der Waals surface area contributed by atoms with Crippen molar-refractivity contribution in [1.29, 1.82) is 0 Å². The van der Waals surface area contributed by atoms with Crippen molar-refractivity contribution in [2.45, 2.75) is 78.7 Å². The topological polar surface area (TPSA) is 15.3 Å². The molecule has 18 heavy (non-hydrogen) atoms. The van der Waals surface area contributed by atoms with Crippen molar-refractivity contribution in [1.82, 2.24) is 10.2 Å². The van der Waals surface area contributed by atoms with Crippen LogP contribution in [0.3, 0.4) is 0 Å². The monoisotopic (exact) mass is 256 g/mol. The first kappa shape index (κ1) is 17.9. The van der Waals surface area contributed by atoms with E-state index >= 15 is 0 Å². The third kappa shape index (κ3) is 11.0. The van der Waals surface area contributed by atoms with Crippen LogP contribution in [0.25, 0.3) is 0 Å². The molecule has 2 nitrogen and oxygen atoms in total. The van der Waals surface area contributed by atoms with Gasteiger partial charge in [0.1, 0.15) is 0 Å². The van der Waals surface area contributed by atoms with Gasteiger partial charge in [0.05, 0.1) is 0 Å². The van der Waals surface area contributed by atoms with E-state index in [2.05, 4.69) is 37.9 Å². The number of nitrogens with zero attached hydrogens (tertiary/aromatic N) is 1. The van der Waals surface area contributed by atoms with Crippen molar-refractivity contribution >= 4 is 0 Å². The lowest BCUT2D eigenvalue weighted by molar-refractivity contribution is 0.282. The molecule has 1 unspecified atom stereocenters. The highest BCUT2D eigenvalue weighted by molar-refractivity contribution is 4.63. The van der Waals surface area contributed by atoms with Crippen molar-refractivity contribution in [3.63, 3.8) is 0 Å². The molecule has 0 aromatic carbocycles. The van der Waals surface area contributed by atoms with Crippen LogP contribution in [0.5, 0.6) is 0 Å². The molecule has 0 aliphatic carbocycles. The van der Waals surface area contributed by atoms with Gasteiger partial charge in [-0.3, -0.25) is 0 Å². The Balaban J connectivity index is 3.37. The first-order valence-corrected chi connectivity index (χ1v) is 8.20. The molecule has 1 N–H and O–H groups in total. The average molecular weight is 256 g/mol. The van der Waals surface area contributed by atoms with Gasteiger partial charge < -0.3 is 10.2 Å². The number of hydrogen-bond acceptors (Lipinski definition) is 2. The first-order valence-electron chi connectivity index (χ1n) is 8.20. The molecule has 0 aliphatic rings. The quantitative estimate of drug-likeness (QED) is 0.500. The molecule has 0 aliphatic heterocycles. The van der Waals surface area contributed by atoms with Crippen LogP contribution in [0.1, 0.15) is 72.6 Å². The van der Waals surface area contributed by atoms with E-state index in [0.29, 0.717) is 6.04 Å². The van der Waals surface area contributed by atoms with Gasteiger partial charge in [-0.05, 0) is 32.9 Å². The standard InChI is InChI=1S/C16H36N2/c1-5-8-9-10-11-12-16(4)17-13-15-18(7-3)14-6-2/h16-17H,5-15H2,1-4H3. The van der Waals surface area contributed by atoms with Crippen LogP contribution in [0.15, 0.2) is 0 Å². The van der Waals surface area contributed by atoms with Crippen molar-refractivity contribution in [3.8, 4) is 0 Å². The molecule has 0 spiro atoms. The fourth-order valence-corrected chi connectivity index (χ4v) is 2.37. The minimum absolute atomic E-state index is 0.687. The van der Waals surface area contributed by atoms with E-state index in [1.54, 1.807) is 0 Å². The van der Waals surface area contributed by atoms with Gasteiger partial charge in [-0.15, -0.1) is 0 Å². The molecule has 0 radical (unpaired) electrons. The highest BCUT2D eigenvalue weighted by Gasteiger charge is 2.03. The van der Waals surface area contributed by atoms with E-state index in [1.165, 1.54) is 64.6 Å². The number of rotatable bonds is 13. The van der Waals surface area contributed by atoms with E-state index in [4.69, 9.17) is 0 Å². The molecule has 1 atom stereocenters. The van der Waals surface area contributed by atoms with Crippen LogP contribution in [0.2, 0.25) is 0 Å². The SMILES string of the molecule is CCCCCCCC(C)NCCN(CC)CCC. The summed E-state index contributed by atoms with van der Waals surface area (Å²) in [5.41, 5.74) is 0. The smallest absolute Gasteiger partial charge is 0.0107 e. The highest BCUT2D eigenvalue weighted by atomic mass is 15.1. The zero-order valence-electron chi connectivity index (χ0n) is 13.3. The molecule has 0 aromatic heterocycles. The fraction of sp³-hybridized carbons (Fsp3) is 1.00. The largest absolute Gasteiger partial charge is 0.313 e. The molecule has 0 bridgehead atoms. The van der Waals surface area contributed by atoms with E-state index in [9.17, 15) is 0 Å². The summed E-state index contributed by atoms with van der Waals surface area (Å²) >= 11 is 0. The van der Waals surface area contributed by atoms with Gasteiger partial charge in [0.2, 0.25) is 0 Å². The second-order valence-corrected chi connectivity index (χ2v) is 5.49. The summed E-state index contributed by atoms with van der Waals surface area (Å²) in [6.07, 6.45) is 9.58. The Morgan fingerprint density at radius 1 is 0.889 bits per heavy atom. The maximum Gasteiger partial charge on any atom is 0.0107 e. The maximum absolute atomic E-state index is 3.66. The van der Waals surface area contributed by atoms with Gasteiger partial charge in [-0.2, -0.15) is 0 Å². The predicted molar refractivity (Wildman–Crippen MR) is 83.2 cm³/mol. The summed E-state index contributed by atoms with van der Waals surface area (Å²) in [6, 6.07) is 0.687. The van der Waals surface area contributed by atoms with Crippen LogP contribution in [-0.2, 0) is 0 Å². The third-order valence-corrected chi connectivity index (χ3v) is 3.65. The number of nitrogens with one attached hydrogen (secondary N) is 1. The minimum Gasteiger partial charge on any atom is -0.313 e. The average Bonchev–Trinajstić information content (AvgIpc) is 2.37. The molecule has 0 fully saturated rings. The van der Waals surface area contributed by atoms with Crippen LogP contribution in [-0.4, -0.2) is 37.1 Å². The fourth-order valence-electron chi connectivity index (χ4n) is 2.37. The lowest BCUT2D eigenvalue weighted by atomic mass is 10.1. The van der Waals surface area contributed by atoms with Gasteiger partial charge in [-0.25, -0.2) is 0 Å². The molecule has 0 rings (SSSR count). The predicted octanol–water partition coefficient (Wildman–Crippen LogP) is 4.06. The first-order chi connectivity index (χ1) is 8.74. The Kier molecular flexibility index (Phi) is 13.3. The Labute approximate surface area is 116 Å². The van der Waals surface area contributed by atoms with Gasteiger partial charge >= 0.3 is 0 Å². The van der Waals surface area contributed by atoms with Gasteiger partial charge in [-0.1, -0.05) is 52.9 Å². The normalized spacial score (nSPS) is 13.2. The van der Waals surface area contributed by atoms with Crippen LogP contribution >= 0.6 is 0 Å². The van der Waals surface area contributed by atoms with Gasteiger partial charge in [0.25, 0.3) is 0 Å². The summed E-state index contributed by atoms with van der Waals surface area (Å²) < 4.78 is 0. The maximum atomic E-state index is 3.66. The molecule has 110 valence electrons. The molecule has 2 heteroatoms. The number of hydrogen-bond donors (Lipinski definition) is 1. The van der Waals surface area contributed by atoms with Crippen LogP contribution in [0, 0.1) is 0 Å². The summed E-state index contributed by atoms with van der Waals surface area (Å²) in [7, 11) is 0. The Morgan fingerprint density at radius 2 is 1.61 bits per heavy atom. The summed E-state index contributed by atoms with van der Waals surface area (Å²) in [5, 5.41) is 3.66. The van der Waals surface area contributed by atoms with Crippen LogP contribution < -0.4 is 5.32 Å². The van der Waals surface area contributed by atoms with Crippen molar-refractivity contribution < 1.29 is 0 Å². The van der Waals surface area contributed by atoms with E-state index in [1.807, 2.05) is 0 Å². The molecule has 0 amide bonds. The molecule has 0 saturated heterocycles. The highest BCUT2D eigenvalue weighted by Crippen LogP contribution is 2.06. The second kappa shape index (κ2) is 13.4. The summed E-state index contributed by atoms with van der Waals surface area (Å²) in [5.74, 6) is 0. The lowest BCUT2D eigenvalue weighted by Crippen LogP contribution is -2.36. The van der Waals surface area contributed by atoms with Crippen LogP contribution in [0.4, 0.5) is 0 Å². The Bertz CT molecular complexity index is 159. The van der Waals surface area contributed by atoms with Gasteiger partial charge in [0, 0.05) is 19.1 Å². The van der Waals surface area contributed by atoms with Gasteiger partial charge in [0.15, 0.2) is 0 Å². The molecule has 0 aromatic rings. The second-order valence-electron chi connectivity index (χ2n) is 5.49. The molecular weight excluding hydrogens is 220 g/mol.